The highest BCUT2D eigenvalue weighted by Gasteiger charge is 2.23. The number of hydrogen-bond acceptors (Lipinski definition) is 6. The Morgan fingerprint density at radius 3 is 2.37 bits per heavy atom. The quantitative estimate of drug-likeness (QED) is 0.756. The highest BCUT2D eigenvalue weighted by Crippen LogP contribution is 2.25. The third-order valence-electron chi connectivity index (χ3n) is 4.87. The Morgan fingerprint density at radius 2 is 1.78 bits per heavy atom. The summed E-state index contributed by atoms with van der Waals surface area (Å²) >= 11 is 0. The van der Waals surface area contributed by atoms with Crippen LogP contribution in [0.1, 0.15) is 10.4 Å². The SMILES string of the molecule is Cn1ncc(-c2ccc(C(=O)N3CCN(c4cnccn4)CC3)cc2)c1N. The fourth-order valence-electron chi connectivity index (χ4n) is 3.24. The number of rotatable bonds is 3. The number of piperazine rings is 1. The minimum absolute atomic E-state index is 0.0412. The molecule has 0 radical (unpaired) electrons. The molecule has 8 nitrogen and oxygen atoms in total. The number of nitrogens with two attached hydrogens (primary N) is 1. The number of nitrogen functional groups attached to an aromatic ring is 1. The fraction of sp³-hybridized carbons (Fsp3) is 0.263. The van der Waals surface area contributed by atoms with Gasteiger partial charge in [-0.2, -0.15) is 5.10 Å². The molecule has 1 aromatic carbocycles. The van der Waals surface area contributed by atoms with Crippen molar-refractivity contribution in [2.75, 3.05) is 36.8 Å². The van der Waals surface area contributed by atoms with Gasteiger partial charge in [0.05, 0.1) is 12.4 Å². The zero-order chi connectivity index (χ0) is 18.8. The normalized spacial score (nSPS) is 14.4. The van der Waals surface area contributed by atoms with Gasteiger partial charge in [0.2, 0.25) is 0 Å². The number of amides is 1. The summed E-state index contributed by atoms with van der Waals surface area (Å²) in [4.78, 5) is 25.2. The van der Waals surface area contributed by atoms with Gasteiger partial charge in [-0.3, -0.25) is 14.5 Å². The van der Waals surface area contributed by atoms with Crippen molar-refractivity contribution in [1.29, 1.82) is 0 Å². The molecule has 138 valence electrons. The molecule has 8 heteroatoms. The molecule has 0 spiro atoms. The van der Waals surface area contributed by atoms with E-state index in [2.05, 4.69) is 20.0 Å². The maximum Gasteiger partial charge on any atom is 0.253 e. The molecule has 1 aliphatic heterocycles. The van der Waals surface area contributed by atoms with Crippen molar-refractivity contribution in [3.63, 3.8) is 0 Å². The van der Waals surface area contributed by atoms with Crippen LogP contribution in [0, 0.1) is 0 Å². The number of carbonyl (C=O) groups is 1. The molecule has 3 aromatic rings. The predicted octanol–water partition coefficient (Wildman–Crippen LogP) is 1.42. The van der Waals surface area contributed by atoms with Gasteiger partial charge in [0.1, 0.15) is 11.6 Å². The summed E-state index contributed by atoms with van der Waals surface area (Å²) in [7, 11) is 1.80. The Morgan fingerprint density at radius 1 is 1.04 bits per heavy atom. The van der Waals surface area contributed by atoms with Gasteiger partial charge in [0.25, 0.3) is 5.91 Å². The number of carbonyl (C=O) groups excluding carboxylic acids is 1. The molecule has 27 heavy (non-hydrogen) atoms. The van der Waals surface area contributed by atoms with E-state index in [0.29, 0.717) is 24.5 Å². The molecule has 0 atom stereocenters. The second-order valence-electron chi connectivity index (χ2n) is 6.49. The maximum absolute atomic E-state index is 12.8. The summed E-state index contributed by atoms with van der Waals surface area (Å²) < 4.78 is 1.63. The largest absolute Gasteiger partial charge is 0.383 e. The van der Waals surface area contributed by atoms with Gasteiger partial charge in [-0.05, 0) is 17.7 Å². The maximum atomic E-state index is 12.8. The zero-order valence-electron chi connectivity index (χ0n) is 15.1. The summed E-state index contributed by atoms with van der Waals surface area (Å²) in [6.07, 6.45) is 6.83. The molecule has 1 aliphatic rings. The van der Waals surface area contributed by atoms with Gasteiger partial charge in [0.15, 0.2) is 0 Å². The smallest absolute Gasteiger partial charge is 0.253 e. The van der Waals surface area contributed by atoms with Crippen LogP contribution in [0.15, 0.2) is 49.1 Å². The lowest BCUT2D eigenvalue weighted by molar-refractivity contribution is 0.0746. The van der Waals surface area contributed by atoms with Gasteiger partial charge in [-0.1, -0.05) is 12.1 Å². The Balaban J connectivity index is 1.42. The first-order chi connectivity index (χ1) is 13.1. The summed E-state index contributed by atoms with van der Waals surface area (Å²) in [5.41, 5.74) is 8.51. The summed E-state index contributed by atoms with van der Waals surface area (Å²) in [5.74, 6) is 1.50. The van der Waals surface area contributed by atoms with E-state index in [4.69, 9.17) is 5.73 Å². The van der Waals surface area contributed by atoms with Gasteiger partial charge in [0, 0.05) is 56.7 Å². The minimum atomic E-state index is 0.0412. The summed E-state index contributed by atoms with van der Waals surface area (Å²) in [6, 6.07) is 7.52. The van der Waals surface area contributed by atoms with E-state index in [1.165, 1.54) is 0 Å². The number of aromatic nitrogens is 4. The first-order valence-electron chi connectivity index (χ1n) is 8.81. The zero-order valence-corrected chi connectivity index (χ0v) is 15.1. The fourth-order valence-corrected chi connectivity index (χ4v) is 3.24. The lowest BCUT2D eigenvalue weighted by Crippen LogP contribution is -2.49. The molecule has 0 bridgehead atoms. The first-order valence-corrected chi connectivity index (χ1v) is 8.81. The van der Waals surface area contributed by atoms with Crippen LogP contribution in [0.4, 0.5) is 11.6 Å². The van der Waals surface area contributed by atoms with E-state index < -0.39 is 0 Å². The van der Waals surface area contributed by atoms with Crippen molar-refractivity contribution in [2.24, 2.45) is 7.05 Å². The number of nitrogens with zero attached hydrogens (tertiary/aromatic N) is 6. The van der Waals surface area contributed by atoms with Gasteiger partial charge < -0.3 is 15.5 Å². The van der Waals surface area contributed by atoms with Crippen molar-refractivity contribution in [1.82, 2.24) is 24.6 Å². The van der Waals surface area contributed by atoms with Crippen LogP contribution in [0.2, 0.25) is 0 Å². The van der Waals surface area contributed by atoms with E-state index in [9.17, 15) is 4.79 Å². The number of anilines is 2. The number of hydrogen-bond donors (Lipinski definition) is 1. The molecular formula is C19H21N7O. The minimum Gasteiger partial charge on any atom is -0.383 e. The highest BCUT2D eigenvalue weighted by molar-refractivity contribution is 5.95. The second-order valence-corrected chi connectivity index (χ2v) is 6.49. The Bertz CT molecular complexity index is 928. The lowest BCUT2D eigenvalue weighted by atomic mass is 10.1. The molecule has 0 aliphatic carbocycles. The highest BCUT2D eigenvalue weighted by atomic mass is 16.2. The van der Waals surface area contributed by atoms with Crippen LogP contribution in [-0.2, 0) is 7.05 Å². The Labute approximate surface area is 157 Å². The van der Waals surface area contributed by atoms with Crippen molar-refractivity contribution in [3.8, 4) is 11.1 Å². The molecule has 0 saturated carbocycles. The molecular weight excluding hydrogens is 342 g/mol. The van der Waals surface area contributed by atoms with Crippen LogP contribution in [-0.4, -0.2) is 56.7 Å². The van der Waals surface area contributed by atoms with Gasteiger partial charge in [-0.15, -0.1) is 0 Å². The van der Waals surface area contributed by atoms with Crippen molar-refractivity contribution in [2.45, 2.75) is 0 Å². The average molecular weight is 363 g/mol. The van der Waals surface area contributed by atoms with E-state index in [-0.39, 0.29) is 5.91 Å². The molecule has 1 saturated heterocycles. The summed E-state index contributed by atoms with van der Waals surface area (Å²) in [5, 5.41) is 4.16. The molecule has 0 unspecified atom stereocenters. The van der Waals surface area contributed by atoms with Crippen LogP contribution < -0.4 is 10.6 Å². The third kappa shape index (κ3) is 3.33. The Hall–Kier alpha value is -3.42. The lowest BCUT2D eigenvalue weighted by Gasteiger charge is -2.35. The monoisotopic (exact) mass is 363 g/mol. The summed E-state index contributed by atoms with van der Waals surface area (Å²) in [6.45, 7) is 2.81. The van der Waals surface area contributed by atoms with Gasteiger partial charge in [-0.25, -0.2) is 4.98 Å². The molecule has 2 aromatic heterocycles. The molecule has 1 amide bonds. The third-order valence-corrected chi connectivity index (χ3v) is 4.87. The molecule has 2 N–H and O–H groups in total. The van der Waals surface area contributed by atoms with E-state index in [1.807, 2.05) is 29.2 Å². The van der Waals surface area contributed by atoms with Gasteiger partial charge >= 0.3 is 0 Å². The van der Waals surface area contributed by atoms with E-state index in [1.54, 1.807) is 36.5 Å². The van der Waals surface area contributed by atoms with Crippen molar-refractivity contribution < 1.29 is 4.79 Å². The number of aryl methyl sites for hydroxylation is 1. The predicted molar refractivity (Wildman–Crippen MR) is 103 cm³/mol. The van der Waals surface area contributed by atoms with Crippen LogP contribution in [0.5, 0.6) is 0 Å². The van der Waals surface area contributed by atoms with Crippen molar-refractivity contribution in [3.05, 3.63) is 54.6 Å². The van der Waals surface area contributed by atoms with Crippen molar-refractivity contribution >= 4 is 17.5 Å². The average Bonchev–Trinajstić information content (AvgIpc) is 3.07. The Kier molecular flexibility index (Phi) is 4.45. The molecule has 1 fully saturated rings. The number of benzene rings is 1. The van der Waals surface area contributed by atoms with Crippen LogP contribution in [0.25, 0.3) is 11.1 Å². The molecule has 3 heterocycles. The first kappa shape index (κ1) is 17.0. The van der Waals surface area contributed by atoms with E-state index >= 15 is 0 Å². The van der Waals surface area contributed by atoms with Crippen LogP contribution >= 0.6 is 0 Å². The van der Waals surface area contributed by atoms with Crippen LogP contribution in [0.3, 0.4) is 0 Å². The molecule has 4 rings (SSSR count). The topological polar surface area (TPSA) is 93.2 Å². The van der Waals surface area contributed by atoms with E-state index in [0.717, 1.165) is 30.0 Å². The standard InChI is InChI=1S/C19H21N7O/c1-24-18(20)16(12-23-24)14-2-4-15(5-3-14)19(27)26-10-8-25(9-11-26)17-13-21-6-7-22-17/h2-7,12-13H,8-11,20H2,1H3. The second kappa shape index (κ2) is 7.06.